The third kappa shape index (κ3) is 2.78. The van der Waals surface area contributed by atoms with Crippen LogP contribution in [0.4, 0.5) is 4.39 Å². The SMILES string of the molecule is NC(c1ccc(Br)c(F)c1)C1CCOC2(CCCC2)C1. The standard InChI is InChI=1S/C16H21BrFNO/c17-13-4-3-11(9-14(13)18)15(19)12-5-8-20-16(10-12)6-1-2-7-16/h3-4,9,12,15H,1-2,5-8,10,19H2. The van der Waals surface area contributed by atoms with Crippen LogP contribution in [0.2, 0.25) is 0 Å². The summed E-state index contributed by atoms with van der Waals surface area (Å²) in [5.41, 5.74) is 7.36. The highest BCUT2D eigenvalue weighted by molar-refractivity contribution is 9.10. The molecule has 0 radical (unpaired) electrons. The van der Waals surface area contributed by atoms with Crippen LogP contribution in [0.15, 0.2) is 22.7 Å². The molecule has 0 aromatic heterocycles. The van der Waals surface area contributed by atoms with E-state index >= 15 is 0 Å². The summed E-state index contributed by atoms with van der Waals surface area (Å²) in [6, 6.07) is 5.13. The molecule has 1 aromatic rings. The molecule has 2 fully saturated rings. The Labute approximate surface area is 128 Å². The Kier molecular flexibility index (Phi) is 4.16. The van der Waals surface area contributed by atoms with Crippen molar-refractivity contribution in [3.63, 3.8) is 0 Å². The second-order valence-corrected chi connectivity index (χ2v) is 7.05. The zero-order chi connectivity index (χ0) is 14.2. The summed E-state index contributed by atoms with van der Waals surface area (Å²) in [6.45, 7) is 0.789. The van der Waals surface area contributed by atoms with Crippen molar-refractivity contribution in [3.05, 3.63) is 34.1 Å². The van der Waals surface area contributed by atoms with Gasteiger partial charge in [-0.15, -0.1) is 0 Å². The zero-order valence-corrected chi connectivity index (χ0v) is 13.2. The van der Waals surface area contributed by atoms with Crippen molar-refractivity contribution in [2.45, 2.75) is 50.2 Å². The molecule has 0 amide bonds. The maximum Gasteiger partial charge on any atom is 0.137 e. The average molecular weight is 342 g/mol. The predicted molar refractivity (Wildman–Crippen MR) is 80.9 cm³/mol. The summed E-state index contributed by atoms with van der Waals surface area (Å²) < 4.78 is 20.2. The number of halogens is 2. The Morgan fingerprint density at radius 2 is 2.10 bits per heavy atom. The van der Waals surface area contributed by atoms with Crippen LogP contribution >= 0.6 is 15.9 Å². The number of nitrogens with two attached hydrogens (primary N) is 1. The van der Waals surface area contributed by atoms with Gasteiger partial charge in [-0.2, -0.15) is 0 Å². The second-order valence-electron chi connectivity index (χ2n) is 6.19. The third-order valence-electron chi connectivity index (χ3n) is 4.88. The number of ether oxygens (including phenoxy) is 1. The smallest absolute Gasteiger partial charge is 0.137 e. The van der Waals surface area contributed by atoms with Gasteiger partial charge in [0.05, 0.1) is 10.1 Å². The summed E-state index contributed by atoms with van der Waals surface area (Å²) in [5, 5.41) is 0. The van der Waals surface area contributed by atoms with Gasteiger partial charge < -0.3 is 10.5 Å². The molecule has 2 atom stereocenters. The Bertz CT molecular complexity index is 487. The number of hydrogen-bond donors (Lipinski definition) is 1. The first-order valence-electron chi connectivity index (χ1n) is 7.44. The average Bonchev–Trinajstić information content (AvgIpc) is 2.89. The van der Waals surface area contributed by atoms with Crippen LogP contribution in [0.1, 0.15) is 50.1 Å². The van der Waals surface area contributed by atoms with E-state index in [9.17, 15) is 4.39 Å². The van der Waals surface area contributed by atoms with E-state index in [2.05, 4.69) is 15.9 Å². The maximum absolute atomic E-state index is 13.7. The molecule has 4 heteroatoms. The molecule has 2 nitrogen and oxygen atoms in total. The van der Waals surface area contributed by atoms with Crippen molar-refractivity contribution in [1.29, 1.82) is 0 Å². The van der Waals surface area contributed by atoms with Crippen molar-refractivity contribution in [2.24, 2.45) is 11.7 Å². The quantitative estimate of drug-likeness (QED) is 0.868. The normalized spacial score (nSPS) is 26.9. The monoisotopic (exact) mass is 341 g/mol. The maximum atomic E-state index is 13.7. The van der Waals surface area contributed by atoms with Gasteiger partial charge in [-0.05, 0) is 65.2 Å². The van der Waals surface area contributed by atoms with E-state index in [-0.39, 0.29) is 17.5 Å². The van der Waals surface area contributed by atoms with Crippen molar-refractivity contribution in [3.8, 4) is 0 Å². The molecule has 1 aliphatic carbocycles. The molecule has 2 N–H and O–H groups in total. The summed E-state index contributed by atoms with van der Waals surface area (Å²) in [6.07, 6.45) is 6.83. The van der Waals surface area contributed by atoms with E-state index < -0.39 is 0 Å². The molecule has 1 saturated heterocycles. The highest BCUT2D eigenvalue weighted by Crippen LogP contribution is 2.44. The highest BCUT2D eigenvalue weighted by atomic mass is 79.9. The summed E-state index contributed by atoms with van der Waals surface area (Å²) in [4.78, 5) is 0. The lowest BCUT2D eigenvalue weighted by molar-refractivity contribution is -0.0963. The van der Waals surface area contributed by atoms with Crippen LogP contribution in [0, 0.1) is 11.7 Å². The molecule has 1 spiro atoms. The van der Waals surface area contributed by atoms with E-state index in [0.29, 0.717) is 10.4 Å². The molecule has 2 aliphatic rings. The summed E-state index contributed by atoms with van der Waals surface area (Å²) >= 11 is 3.19. The Morgan fingerprint density at radius 3 is 2.80 bits per heavy atom. The third-order valence-corrected chi connectivity index (χ3v) is 5.53. The first-order valence-corrected chi connectivity index (χ1v) is 8.23. The number of hydrogen-bond acceptors (Lipinski definition) is 2. The van der Waals surface area contributed by atoms with E-state index in [1.165, 1.54) is 12.8 Å². The van der Waals surface area contributed by atoms with Crippen molar-refractivity contribution in [2.75, 3.05) is 6.61 Å². The molecule has 0 bridgehead atoms. The minimum absolute atomic E-state index is 0.0639. The van der Waals surface area contributed by atoms with E-state index in [0.717, 1.165) is 37.9 Å². The van der Waals surface area contributed by atoms with Gasteiger partial charge in [0.15, 0.2) is 0 Å². The Balaban J connectivity index is 1.75. The van der Waals surface area contributed by atoms with Gasteiger partial charge in [-0.1, -0.05) is 18.9 Å². The fourth-order valence-electron chi connectivity index (χ4n) is 3.73. The van der Waals surface area contributed by atoms with Gasteiger partial charge in [0, 0.05) is 12.6 Å². The summed E-state index contributed by atoms with van der Waals surface area (Å²) in [7, 11) is 0. The van der Waals surface area contributed by atoms with Crippen LogP contribution in [0.25, 0.3) is 0 Å². The fraction of sp³-hybridized carbons (Fsp3) is 0.625. The number of benzene rings is 1. The molecule has 3 rings (SSSR count). The van der Waals surface area contributed by atoms with Gasteiger partial charge in [0.1, 0.15) is 5.82 Å². The van der Waals surface area contributed by atoms with Crippen molar-refractivity contribution >= 4 is 15.9 Å². The van der Waals surface area contributed by atoms with E-state index in [1.807, 2.05) is 6.07 Å². The molecule has 20 heavy (non-hydrogen) atoms. The summed E-state index contributed by atoms with van der Waals surface area (Å²) in [5.74, 6) is 0.156. The largest absolute Gasteiger partial charge is 0.375 e. The fourth-order valence-corrected chi connectivity index (χ4v) is 3.98. The Morgan fingerprint density at radius 1 is 1.35 bits per heavy atom. The molecule has 1 saturated carbocycles. The van der Waals surface area contributed by atoms with E-state index in [4.69, 9.17) is 10.5 Å². The lowest BCUT2D eigenvalue weighted by atomic mass is 9.79. The van der Waals surface area contributed by atoms with Crippen LogP contribution < -0.4 is 5.73 Å². The second kappa shape index (κ2) is 5.74. The molecular weight excluding hydrogens is 321 g/mol. The lowest BCUT2D eigenvalue weighted by Gasteiger charge is -2.40. The first-order chi connectivity index (χ1) is 9.60. The minimum Gasteiger partial charge on any atom is -0.375 e. The van der Waals surface area contributed by atoms with Gasteiger partial charge in [-0.25, -0.2) is 4.39 Å². The molecular formula is C16H21BrFNO. The zero-order valence-electron chi connectivity index (χ0n) is 11.6. The van der Waals surface area contributed by atoms with Crippen LogP contribution in [-0.2, 0) is 4.74 Å². The first kappa shape index (κ1) is 14.5. The predicted octanol–water partition coefficient (Wildman–Crippen LogP) is 4.33. The Hall–Kier alpha value is -0.450. The molecule has 1 aromatic carbocycles. The van der Waals surface area contributed by atoms with Crippen LogP contribution in [0.3, 0.4) is 0 Å². The van der Waals surface area contributed by atoms with Crippen LogP contribution in [0.5, 0.6) is 0 Å². The van der Waals surface area contributed by atoms with Gasteiger partial charge >= 0.3 is 0 Å². The molecule has 2 unspecified atom stereocenters. The van der Waals surface area contributed by atoms with Gasteiger partial charge in [-0.3, -0.25) is 0 Å². The molecule has 1 aliphatic heterocycles. The van der Waals surface area contributed by atoms with Crippen LogP contribution in [-0.4, -0.2) is 12.2 Å². The topological polar surface area (TPSA) is 35.2 Å². The van der Waals surface area contributed by atoms with Crippen molar-refractivity contribution in [1.82, 2.24) is 0 Å². The number of rotatable bonds is 2. The highest BCUT2D eigenvalue weighted by Gasteiger charge is 2.41. The molecule has 110 valence electrons. The van der Waals surface area contributed by atoms with E-state index in [1.54, 1.807) is 12.1 Å². The van der Waals surface area contributed by atoms with Gasteiger partial charge in [0.2, 0.25) is 0 Å². The lowest BCUT2D eigenvalue weighted by Crippen LogP contribution is -2.40. The van der Waals surface area contributed by atoms with Crippen molar-refractivity contribution < 1.29 is 9.13 Å². The molecule has 1 heterocycles. The minimum atomic E-state index is -0.236. The van der Waals surface area contributed by atoms with Gasteiger partial charge in [0.25, 0.3) is 0 Å².